The summed E-state index contributed by atoms with van der Waals surface area (Å²) in [5.41, 5.74) is 7.33. The lowest BCUT2D eigenvalue weighted by Crippen LogP contribution is -2.26. The summed E-state index contributed by atoms with van der Waals surface area (Å²) in [7, 11) is -4.17. The number of benzene rings is 3. The van der Waals surface area contributed by atoms with Crippen molar-refractivity contribution in [2.45, 2.75) is 30.6 Å². The van der Waals surface area contributed by atoms with E-state index in [0.29, 0.717) is 41.3 Å². The van der Waals surface area contributed by atoms with Gasteiger partial charge in [0.1, 0.15) is 10.7 Å². The van der Waals surface area contributed by atoms with Gasteiger partial charge in [-0.25, -0.2) is 17.9 Å². The lowest BCUT2D eigenvalue weighted by atomic mass is 9.90. The normalized spacial score (nSPS) is 11.7. The first kappa shape index (κ1) is 25.9. The van der Waals surface area contributed by atoms with E-state index >= 15 is 0 Å². The van der Waals surface area contributed by atoms with Gasteiger partial charge in [0.25, 0.3) is 0 Å². The zero-order valence-electron chi connectivity index (χ0n) is 19.7. The second-order valence-electron chi connectivity index (χ2n) is 8.50. The summed E-state index contributed by atoms with van der Waals surface area (Å²) in [6, 6.07) is 14.0. The smallest absolute Gasteiger partial charge is 0.336 e. The molecule has 0 fully saturated rings. The van der Waals surface area contributed by atoms with Gasteiger partial charge in [0.05, 0.1) is 16.6 Å². The Bertz CT molecular complexity index is 1640. The average molecular weight is 524 g/mol. The molecule has 0 spiro atoms. The number of sulfonamides is 1. The Balaban J connectivity index is 1.90. The highest BCUT2D eigenvalue weighted by Gasteiger charge is 2.28. The van der Waals surface area contributed by atoms with Crippen LogP contribution in [0.3, 0.4) is 0 Å². The zero-order valence-corrected chi connectivity index (χ0v) is 20.5. The summed E-state index contributed by atoms with van der Waals surface area (Å²) >= 11 is 0. The van der Waals surface area contributed by atoms with Crippen LogP contribution < -0.4 is 15.8 Å². The van der Waals surface area contributed by atoms with Crippen molar-refractivity contribution in [3.8, 4) is 22.5 Å². The third-order valence-electron chi connectivity index (χ3n) is 5.93. The van der Waals surface area contributed by atoms with Crippen molar-refractivity contribution in [2.75, 3.05) is 12.3 Å². The van der Waals surface area contributed by atoms with Gasteiger partial charge in [0.15, 0.2) is 5.58 Å². The van der Waals surface area contributed by atoms with Crippen LogP contribution in [0.2, 0.25) is 0 Å². The molecule has 2 aromatic rings. The first-order valence-electron chi connectivity index (χ1n) is 11.5. The maximum atomic E-state index is 13.4. The predicted octanol–water partition coefficient (Wildman–Crippen LogP) is 3.89. The van der Waals surface area contributed by atoms with Crippen LogP contribution in [0.1, 0.15) is 36.0 Å². The van der Waals surface area contributed by atoms with Crippen molar-refractivity contribution >= 4 is 38.6 Å². The molecule has 10 nitrogen and oxygen atoms in total. The van der Waals surface area contributed by atoms with Crippen LogP contribution in [0.5, 0.6) is 0 Å². The number of anilines is 1. The van der Waals surface area contributed by atoms with E-state index in [1.807, 2.05) is 0 Å². The molecule has 0 saturated carbocycles. The molecule has 11 heteroatoms. The fraction of sp³-hybridized carbons (Fsp3) is 0.192. The van der Waals surface area contributed by atoms with E-state index in [4.69, 9.17) is 20.7 Å². The van der Waals surface area contributed by atoms with Crippen molar-refractivity contribution in [3.63, 3.8) is 0 Å². The summed E-state index contributed by atoms with van der Waals surface area (Å²) in [5.74, 6) is -1.86. The van der Waals surface area contributed by atoms with E-state index in [9.17, 15) is 23.1 Å². The van der Waals surface area contributed by atoms with Gasteiger partial charge in [0.2, 0.25) is 10.0 Å². The monoisotopic (exact) mass is 523 g/mol. The van der Waals surface area contributed by atoms with Crippen LogP contribution in [-0.4, -0.2) is 37.1 Å². The minimum Gasteiger partial charge on any atom is -0.481 e. The summed E-state index contributed by atoms with van der Waals surface area (Å²) < 4.78 is 35.2. The van der Waals surface area contributed by atoms with Gasteiger partial charge in [-0.15, -0.1) is 0 Å². The fourth-order valence-electron chi connectivity index (χ4n) is 4.26. The van der Waals surface area contributed by atoms with Crippen LogP contribution in [0.25, 0.3) is 33.4 Å². The number of rotatable bonds is 10. The van der Waals surface area contributed by atoms with Crippen LogP contribution in [-0.2, 0) is 14.8 Å². The number of carboxylic acids is 2. The van der Waals surface area contributed by atoms with Gasteiger partial charge in [-0.05, 0) is 48.7 Å². The molecule has 1 aliphatic heterocycles. The minimum absolute atomic E-state index is 0.00750. The number of hydrogen-bond acceptors (Lipinski definition) is 7. The summed E-state index contributed by atoms with van der Waals surface area (Å²) in [6.45, 7) is 0.0664. The molecule has 0 aromatic heterocycles. The predicted molar refractivity (Wildman–Crippen MR) is 137 cm³/mol. The molecule has 6 N–H and O–H groups in total. The molecule has 192 valence electrons. The molecule has 0 bridgehead atoms. The Morgan fingerprint density at radius 1 is 0.973 bits per heavy atom. The number of carbonyl (C=O) groups is 2. The van der Waals surface area contributed by atoms with Gasteiger partial charge < -0.3 is 25.8 Å². The fourth-order valence-corrected chi connectivity index (χ4v) is 5.59. The number of fused-ring (bicyclic) bond motifs is 2. The van der Waals surface area contributed by atoms with Crippen molar-refractivity contribution in [1.29, 1.82) is 5.41 Å². The lowest BCUT2D eigenvalue weighted by Gasteiger charge is -2.19. The second-order valence-corrected chi connectivity index (χ2v) is 10.2. The first-order chi connectivity index (χ1) is 17.6. The SMILES string of the molecule is N=c1ccc2c(-c3ccccc3C(=O)O)c3ccc(N)c(S(=O)(=O)NCCCCCC(=O)O)c3oc-2c1. The number of nitrogen functional groups attached to an aromatic ring is 1. The van der Waals surface area contributed by atoms with Crippen LogP contribution >= 0.6 is 0 Å². The van der Waals surface area contributed by atoms with Gasteiger partial charge in [0, 0.05) is 35.5 Å². The zero-order chi connectivity index (χ0) is 26.7. The molecule has 37 heavy (non-hydrogen) atoms. The van der Waals surface area contributed by atoms with Crippen molar-refractivity contribution in [3.05, 3.63) is 65.5 Å². The largest absolute Gasteiger partial charge is 0.481 e. The van der Waals surface area contributed by atoms with Crippen LogP contribution in [0, 0.1) is 5.41 Å². The Labute approximate surface area is 212 Å². The third-order valence-corrected chi connectivity index (χ3v) is 7.47. The molecule has 1 heterocycles. The summed E-state index contributed by atoms with van der Waals surface area (Å²) in [6.07, 6.45) is 1.39. The quantitative estimate of drug-likeness (QED) is 0.118. The van der Waals surface area contributed by atoms with Crippen LogP contribution in [0.4, 0.5) is 5.69 Å². The second kappa shape index (κ2) is 10.4. The standard InChI is InChI=1S/C26H25N3O7S/c27-15-9-10-18-21(14-15)36-24-19(23(18)16-6-3-4-7-17(16)26(32)33)11-12-20(28)25(24)37(34,35)29-13-5-1-2-8-22(30)31/h3-4,6-7,9-12,14,27,29H,1-2,5,8,13,28H2,(H,30,31)(H,32,33). The number of hydrogen-bond donors (Lipinski definition) is 5. The van der Waals surface area contributed by atoms with E-state index in [1.54, 1.807) is 30.3 Å². The Kier molecular flexibility index (Phi) is 7.28. The Morgan fingerprint density at radius 2 is 1.73 bits per heavy atom. The van der Waals surface area contributed by atoms with Crippen molar-refractivity contribution < 1.29 is 32.6 Å². The topological polar surface area (TPSA) is 184 Å². The molecule has 0 saturated heterocycles. The number of nitrogens with two attached hydrogens (primary N) is 1. The molecular formula is C26H25N3O7S. The van der Waals surface area contributed by atoms with E-state index in [2.05, 4.69) is 4.72 Å². The highest BCUT2D eigenvalue weighted by molar-refractivity contribution is 7.89. The van der Waals surface area contributed by atoms with Gasteiger partial charge in [-0.3, -0.25) is 4.79 Å². The highest BCUT2D eigenvalue weighted by Crippen LogP contribution is 2.43. The Morgan fingerprint density at radius 3 is 2.46 bits per heavy atom. The molecule has 0 atom stereocenters. The maximum Gasteiger partial charge on any atom is 0.336 e. The van der Waals surface area contributed by atoms with E-state index in [0.717, 1.165) is 0 Å². The maximum absolute atomic E-state index is 13.4. The molecule has 2 aliphatic rings. The number of nitrogens with one attached hydrogen (secondary N) is 2. The minimum atomic E-state index is -4.17. The summed E-state index contributed by atoms with van der Waals surface area (Å²) in [4.78, 5) is 22.4. The molecule has 2 aromatic carbocycles. The molecule has 1 aliphatic carbocycles. The van der Waals surface area contributed by atoms with Crippen molar-refractivity contribution in [2.24, 2.45) is 0 Å². The number of aliphatic carboxylic acids is 1. The van der Waals surface area contributed by atoms with Gasteiger partial charge in [-0.2, -0.15) is 0 Å². The Hall–Kier alpha value is -4.22. The first-order valence-corrected chi connectivity index (χ1v) is 13.0. The number of aromatic carboxylic acids is 1. The highest BCUT2D eigenvalue weighted by atomic mass is 32.2. The molecule has 0 radical (unpaired) electrons. The third kappa shape index (κ3) is 5.32. The summed E-state index contributed by atoms with van der Waals surface area (Å²) in [5, 5.41) is 27.0. The average Bonchev–Trinajstić information content (AvgIpc) is 2.84. The molecule has 0 amide bonds. The molecular weight excluding hydrogens is 498 g/mol. The van der Waals surface area contributed by atoms with Gasteiger partial charge >= 0.3 is 11.9 Å². The lowest BCUT2D eigenvalue weighted by molar-refractivity contribution is -0.137. The molecule has 0 unspecified atom stereocenters. The number of unbranched alkanes of at least 4 members (excludes halogenated alkanes) is 2. The molecule has 4 rings (SSSR count). The van der Waals surface area contributed by atoms with E-state index in [1.165, 1.54) is 24.3 Å². The number of carboxylic acid groups (broad SMARTS) is 2. The van der Waals surface area contributed by atoms with E-state index < -0.39 is 22.0 Å². The van der Waals surface area contributed by atoms with Crippen LogP contribution in [0.15, 0.2) is 63.9 Å². The van der Waals surface area contributed by atoms with Crippen molar-refractivity contribution in [1.82, 2.24) is 4.72 Å². The van der Waals surface area contributed by atoms with Gasteiger partial charge in [-0.1, -0.05) is 24.6 Å². The van der Waals surface area contributed by atoms with E-state index in [-0.39, 0.29) is 45.8 Å².